The zero-order chi connectivity index (χ0) is 22.8. The molecule has 1 aromatic carbocycles. The highest BCUT2D eigenvalue weighted by Crippen LogP contribution is 2.33. The van der Waals surface area contributed by atoms with Gasteiger partial charge in [-0.25, -0.2) is 9.98 Å². The minimum absolute atomic E-state index is 0.118. The number of aromatic nitrogens is 1. The fourth-order valence-corrected chi connectivity index (χ4v) is 6.19. The van der Waals surface area contributed by atoms with Crippen molar-refractivity contribution in [3.63, 3.8) is 0 Å². The summed E-state index contributed by atoms with van der Waals surface area (Å²) in [6, 6.07) is 6.27. The monoisotopic (exact) mass is 483 g/mol. The van der Waals surface area contributed by atoms with Crippen LogP contribution in [0, 0.1) is 6.92 Å². The van der Waals surface area contributed by atoms with Gasteiger partial charge in [-0.3, -0.25) is 4.79 Å². The second-order valence-electron chi connectivity index (χ2n) is 8.82. The van der Waals surface area contributed by atoms with Gasteiger partial charge in [-0.1, -0.05) is 6.42 Å². The van der Waals surface area contributed by atoms with Crippen molar-refractivity contribution in [2.75, 3.05) is 26.7 Å². The van der Waals surface area contributed by atoms with Crippen molar-refractivity contribution in [2.45, 2.75) is 44.8 Å². The lowest BCUT2D eigenvalue weighted by Gasteiger charge is -2.20. The van der Waals surface area contributed by atoms with Gasteiger partial charge in [0.1, 0.15) is 16.9 Å². The van der Waals surface area contributed by atoms with E-state index in [1.54, 1.807) is 11.3 Å². The van der Waals surface area contributed by atoms with Crippen molar-refractivity contribution in [2.24, 2.45) is 4.99 Å². The molecule has 7 nitrogen and oxygen atoms in total. The summed E-state index contributed by atoms with van der Waals surface area (Å²) in [4.78, 5) is 25.7. The van der Waals surface area contributed by atoms with Gasteiger partial charge in [0.25, 0.3) is 5.91 Å². The molecular formula is C24H29N5O2S2. The normalized spacial score (nSPS) is 26.3. The number of benzene rings is 1. The summed E-state index contributed by atoms with van der Waals surface area (Å²) in [7, 11) is 2.12. The van der Waals surface area contributed by atoms with Gasteiger partial charge in [0.15, 0.2) is 5.17 Å². The quantitative estimate of drug-likeness (QED) is 0.620. The first-order valence-corrected chi connectivity index (χ1v) is 13.1. The molecular weight excluding hydrogens is 454 g/mol. The molecule has 5 rings (SSSR count). The van der Waals surface area contributed by atoms with Crippen molar-refractivity contribution < 1.29 is 9.53 Å². The number of amidine groups is 1. The molecule has 0 bridgehead atoms. The summed E-state index contributed by atoms with van der Waals surface area (Å²) in [6.07, 6.45) is 8.64. The summed E-state index contributed by atoms with van der Waals surface area (Å²) in [5.74, 6) is 0.751. The Hall–Kier alpha value is -2.20. The molecule has 1 aromatic heterocycles. The van der Waals surface area contributed by atoms with Gasteiger partial charge in [-0.2, -0.15) is 0 Å². The van der Waals surface area contributed by atoms with Crippen molar-refractivity contribution in [3.8, 4) is 5.75 Å². The number of hydrogen-bond acceptors (Lipinski definition) is 8. The van der Waals surface area contributed by atoms with E-state index in [9.17, 15) is 4.79 Å². The number of aryl methyl sites for hydroxylation is 1. The molecule has 2 unspecified atom stereocenters. The van der Waals surface area contributed by atoms with Gasteiger partial charge in [-0.15, -0.1) is 11.3 Å². The highest BCUT2D eigenvalue weighted by molar-refractivity contribution is 8.18. The van der Waals surface area contributed by atoms with E-state index in [-0.39, 0.29) is 12.0 Å². The van der Waals surface area contributed by atoms with Gasteiger partial charge in [-0.05, 0) is 81.4 Å². The van der Waals surface area contributed by atoms with Crippen LogP contribution < -0.4 is 15.4 Å². The van der Waals surface area contributed by atoms with Crippen molar-refractivity contribution in [3.05, 3.63) is 44.7 Å². The topological polar surface area (TPSA) is 78.8 Å². The predicted octanol–water partition coefficient (Wildman–Crippen LogP) is 4.24. The zero-order valence-corrected chi connectivity index (χ0v) is 20.6. The molecule has 2 atom stereocenters. The first kappa shape index (κ1) is 22.6. The molecule has 0 spiro atoms. The molecule has 0 radical (unpaired) electrons. The van der Waals surface area contributed by atoms with E-state index < -0.39 is 0 Å². The molecule has 33 heavy (non-hydrogen) atoms. The van der Waals surface area contributed by atoms with Crippen LogP contribution in [0.5, 0.6) is 5.75 Å². The maximum atomic E-state index is 12.5. The van der Waals surface area contributed by atoms with E-state index >= 15 is 0 Å². The van der Waals surface area contributed by atoms with Crippen molar-refractivity contribution in [1.82, 2.24) is 20.5 Å². The first-order valence-electron chi connectivity index (χ1n) is 11.5. The Bertz CT molecular complexity index is 1090. The number of nitrogens with one attached hydrogen (secondary N) is 2. The molecule has 0 saturated carbocycles. The number of carbonyl (C=O) groups excluding carboxylic acids is 1. The van der Waals surface area contributed by atoms with Crippen LogP contribution in [0.2, 0.25) is 0 Å². The van der Waals surface area contributed by atoms with Crippen LogP contribution in [0.15, 0.2) is 34.3 Å². The fourth-order valence-electron chi connectivity index (χ4n) is 4.32. The molecule has 1 amide bonds. The molecule has 2 N–H and O–H groups in total. The van der Waals surface area contributed by atoms with Crippen LogP contribution in [-0.2, 0) is 4.79 Å². The maximum absolute atomic E-state index is 12.5. The van der Waals surface area contributed by atoms with Gasteiger partial charge in [0, 0.05) is 24.2 Å². The van der Waals surface area contributed by atoms with Crippen LogP contribution in [0.25, 0.3) is 6.08 Å². The smallest absolute Gasteiger partial charge is 0.264 e. The number of likely N-dealkylation sites (N-methyl/N-ethyl adjacent to an activating group) is 1. The zero-order valence-electron chi connectivity index (χ0n) is 19.0. The lowest BCUT2D eigenvalue weighted by Crippen LogP contribution is -2.26. The molecule has 3 fully saturated rings. The molecule has 4 heterocycles. The number of ether oxygens (including phenoxy) is 1. The number of nitrogens with zero attached hydrogens (tertiary/aromatic N) is 3. The van der Waals surface area contributed by atoms with Crippen LogP contribution >= 0.6 is 23.1 Å². The van der Waals surface area contributed by atoms with E-state index in [1.807, 2.05) is 37.4 Å². The Labute approximate surface area is 202 Å². The Morgan fingerprint density at radius 2 is 2.21 bits per heavy atom. The summed E-state index contributed by atoms with van der Waals surface area (Å²) in [5.41, 5.74) is 1.85. The minimum Gasteiger partial charge on any atom is -0.489 e. The highest BCUT2D eigenvalue weighted by atomic mass is 32.2. The number of aliphatic imine (C=N–C) groups is 1. The predicted molar refractivity (Wildman–Crippen MR) is 135 cm³/mol. The number of likely N-dealkylation sites (tertiary alicyclic amines) is 1. The third-order valence-electron chi connectivity index (χ3n) is 6.12. The average Bonchev–Trinajstić information content (AvgIpc) is 3.52. The van der Waals surface area contributed by atoms with Crippen LogP contribution in [0.1, 0.15) is 47.2 Å². The van der Waals surface area contributed by atoms with E-state index in [1.165, 1.54) is 24.6 Å². The van der Waals surface area contributed by atoms with Gasteiger partial charge in [0.05, 0.1) is 16.6 Å². The fraction of sp³-hybridized carbons (Fsp3) is 0.458. The SMILES string of the molecule is Cc1cc(OC2CCN(C)C2)ccc1N=C1NC(=O)C(=Cc2cnc(C3CCCCN3)s2)S1. The number of rotatable bonds is 5. The second kappa shape index (κ2) is 9.97. The number of amides is 1. The number of carbonyl (C=O) groups is 1. The maximum Gasteiger partial charge on any atom is 0.264 e. The summed E-state index contributed by atoms with van der Waals surface area (Å²) < 4.78 is 6.11. The summed E-state index contributed by atoms with van der Waals surface area (Å²) >= 11 is 3.02. The first-order chi connectivity index (χ1) is 16.0. The molecule has 174 valence electrons. The number of piperidine rings is 1. The lowest BCUT2D eigenvalue weighted by atomic mass is 10.1. The Balaban J connectivity index is 1.25. The number of thiazole rings is 1. The summed E-state index contributed by atoms with van der Waals surface area (Å²) in [6.45, 7) is 5.09. The Kier molecular flexibility index (Phi) is 6.82. The van der Waals surface area contributed by atoms with Gasteiger partial charge >= 0.3 is 0 Å². The van der Waals surface area contributed by atoms with Gasteiger partial charge < -0.3 is 20.3 Å². The lowest BCUT2D eigenvalue weighted by molar-refractivity contribution is -0.115. The van der Waals surface area contributed by atoms with E-state index in [0.717, 1.165) is 59.4 Å². The molecule has 0 aliphatic carbocycles. The molecule has 3 aliphatic rings. The van der Waals surface area contributed by atoms with Crippen LogP contribution in [0.3, 0.4) is 0 Å². The minimum atomic E-state index is -0.118. The molecule has 9 heteroatoms. The van der Waals surface area contributed by atoms with Crippen LogP contribution in [0.4, 0.5) is 5.69 Å². The molecule has 2 aromatic rings. The van der Waals surface area contributed by atoms with E-state index in [4.69, 9.17) is 4.74 Å². The largest absolute Gasteiger partial charge is 0.489 e. The molecule has 3 aliphatic heterocycles. The van der Waals surface area contributed by atoms with Gasteiger partial charge in [0.2, 0.25) is 0 Å². The average molecular weight is 484 g/mol. The molecule has 3 saturated heterocycles. The number of hydrogen-bond donors (Lipinski definition) is 2. The van der Waals surface area contributed by atoms with E-state index in [0.29, 0.717) is 16.1 Å². The Morgan fingerprint density at radius 1 is 1.30 bits per heavy atom. The van der Waals surface area contributed by atoms with Crippen molar-refractivity contribution >= 4 is 45.9 Å². The summed E-state index contributed by atoms with van der Waals surface area (Å²) in [5, 5.41) is 8.11. The van der Waals surface area contributed by atoms with Crippen molar-refractivity contribution in [1.29, 1.82) is 0 Å². The number of thioether (sulfide) groups is 1. The van der Waals surface area contributed by atoms with E-state index in [2.05, 4.69) is 32.6 Å². The standard InChI is InChI=1S/C24H29N5O2S2/c1-15-11-16(31-17-8-10-29(2)14-17)6-7-19(15)27-24-28-22(30)21(33-24)12-18-13-26-23(32-18)20-5-3-4-9-25-20/h6-7,11-13,17,20,25H,3-5,8-10,14H2,1-2H3,(H,27,28,30). The second-order valence-corrected chi connectivity index (χ2v) is 10.9. The van der Waals surface area contributed by atoms with Crippen LogP contribution in [-0.4, -0.2) is 53.7 Å². The highest BCUT2D eigenvalue weighted by Gasteiger charge is 2.25. The Morgan fingerprint density at radius 3 is 2.97 bits per heavy atom. The third kappa shape index (κ3) is 5.48. The third-order valence-corrected chi connectivity index (χ3v) is 8.08.